The average Bonchev–Trinajstić information content (AvgIpc) is 2.42. The van der Waals surface area contributed by atoms with Crippen LogP contribution >= 0.6 is 11.6 Å². The maximum absolute atomic E-state index is 12.5. The fourth-order valence-electron chi connectivity index (χ4n) is 3.61. The zero-order valence-corrected chi connectivity index (χ0v) is 12.7. The van der Waals surface area contributed by atoms with Crippen molar-refractivity contribution in [3.8, 4) is 0 Å². The topological polar surface area (TPSA) is 63.4 Å². The Balaban J connectivity index is 1.86. The van der Waals surface area contributed by atoms with Crippen molar-refractivity contribution in [1.82, 2.24) is 0 Å². The fourth-order valence-corrected chi connectivity index (χ4v) is 3.73. The lowest BCUT2D eigenvalue weighted by Crippen LogP contribution is -2.48. The van der Waals surface area contributed by atoms with Crippen LogP contribution in [0.5, 0.6) is 0 Å². The van der Waals surface area contributed by atoms with Crippen LogP contribution in [0.15, 0.2) is 18.2 Å². The second-order valence-corrected chi connectivity index (χ2v) is 6.65. The van der Waals surface area contributed by atoms with Gasteiger partial charge in [0.05, 0.1) is 16.4 Å². The van der Waals surface area contributed by atoms with Crippen molar-refractivity contribution >= 4 is 34.8 Å². The second-order valence-electron chi connectivity index (χ2n) is 6.24. The highest BCUT2D eigenvalue weighted by molar-refractivity contribution is 6.33. The van der Waals surface area contributed by atoms with Crippen LogP contribution in [0.25, 0.3) is 0 Å². The van der Waals surface area contributed by atoms with E-state index >= 15 is 0 Å². The first kappa shape index (κ1) is 14.4. The summed E-state index contributed by atoms with van der Waals surface area (Å²) in [6.45, 7) is 0. The molecule has 0 unspecified atom stereocenters. The molecule has 1 heterocycles. The first-order valence-corrected chi connectivity index (χ1v) is 7.79. The lowest BCUT2D eigenvalue weighted by molar-refractivity contribution is -0.134. The molecule has 2 amide bonds. The monoisotopic (exact) mass is 306 g/mol. The molecule has 0 aromatic heterocycles. The molecule has 1 saturated carbocycles. The van der Waals surface area contributed by atoms with E-state index in [2.05, 4.69) is 0 Å². The minimum atomic E-state index is -0.116. The van der Waals surface area contributed by atoms with Crippen LogP contribution in [0.1, 0.15) is 44.9 Å². The fraction of sp³-hybridized carbons (Fsp3) is 0.500. The summed E-state index contributed by atoms with van der Waals surface area (Å²) in [5.41, 5.74) is 6.58. The van der Waals surface area contributed by atoms with Crippen molar-refractivity contribution in [3.05, 3.63) is 23.2 Å². The number of anilines is 2. The quantitative estimate of drug-likeness (QED) is 0.637. The Morgan fingerprint density at radius 1 is 1.05 bits per heavy atom. The first-order valence-electron chi connectivity index (χ1n) is 7.42. The predicted octanol–water partition coefficient (Wildman–Crippen LogP) is 3.53. The van der Waals surface area contributed by atoms with Gasteiger partial charge >= 0.3 is 0 Å². The Kier molecular flexibility index (Phi) is 3.66. The third-order valence-electron chi connectivity index (χ3n) is 4.70. The van der Waals surface area contributed by atoms with Crippen LogP contribution < -0.4 is 10.6 Å². The van der Waals surface area contributed by atoms with Crippen molar-refractivity contribution in [1.29, 1.82) is 0 Å². The largest absolute Gasteiger partial charge is 0.397 e. The number of piperidine rings is 1. The van der Waals surface area contributed by atoms with Crippen molar-refractivity contribution in [2.45, 2.75) is 44.9 Å². The third kappa shape index (κ3) is 2.64. The van der Waals surface area contributed by atoms with E-state index in [0.29, 0.717) is 29.2 Å². The summed E-state index contributed by atoms with van der Waals surface area (Å²) in [4.78, 5) is 26.3. The maximum Gasteiger partial charge on any atom is 0.234 e. The average molecular weight is 307 g/mol. The summed E-state index contributed by atoms with van der Waals surface area (Å²) < 4.78 is 0. The molecule has 2 aliphatic rings. The molecule has 5 heteroatoms. The van der Waals surface area contributed by atoms with Crippen LogP contribution in [0.2, 0.25) is 5.02 Å². The van der Waals surface area contributed by atoms with Crippen molar-refractivity contribution < 1.29 is 9.59 Å². The van der Waals surface area contributed by atoms with Gasteiger partial charge in [-0.25, -0.2) is 0 Å². The number of carbonyl (C=O) groups excluding carboxylic acids is 2. The van der Waals surface area contributed by atoms with E-state index in [1.54, 1.807) is 18.2 Å². The van der Waals surface area contributed by atoms with E-state index in [0.717, 1.165) is 25.7 Å². The van der Waals surface area contributed by atoms with Crippen LogP contribution in [0, 0.1) is 5.41 Å². The van der Waals surface area contributed by atoms with Gasteiger partial charge in [-0.15, -0.1) is 0 Å². The van der Waals surface area contributed by atoms with Gasteiger partial charge < -0.3 is 5.73 Å². The molecule has 1 saturated heterocycles. The van der Waals surface area contributed by atoms with Gasteiger partial charge in [0, 0.05) is 12.8 Å². The second kappa shape index (κ2) is 5.34. The molecule has 21 heavy (non-hydrogen) atoms. The molecule has 0 radical (unpaired) electrons. The first-order chi connectivity index (χ1) is 10.0. The third-order valence-corrected chi connectivity index (χ3v) is 5.05. The van der Waals surface area contributed by atoms with E-state index in [1.807, 2.05) is 0 Å². The normalized spacial score (nSPS) is 21.9. The molecule has 4 nitrogen and oxygen atoms in total. The minimum absolute atomic E-state index is 0.0963. The van der Waals surface area contributed by atoms with Crippen molar-refractivity contribution in [3.63, 3.8) is 0 Å². The molecule has 1 aromatic carbocycles. The van der Waals surface area contributed by atoms with Gasteiger partial charge in [-0.05, 0) is 36.5 Å². The van der Waals surface area contributed by atoms with Crippen LogP contribution in [0.4, 0.5) is 11.4 Å². The molecule has 1 aliphatic carbocycles. The Hall–Kier alpha value is -1.55. The number of nitrogen functional groups attached to an aromatic ring is 1. The molecular weight excluding hydrogens is 288 g/mol. The lowest BCUT2D eigenvalue weighted by atomic mass is 9.67. The Morgan fingerprint density at radius 3 is 2.24 bits per heavy atom. The van der Waals surface area contributed by atoms with Gasteiger partial charge in [0.1, 0.15) is 0 Å². The Bertz CT molecular complexity index is 574. The van der Waals surface area contributed by atoms with E-state index in [9.17, 15) is 9.59 Å². The number of nitrogens with zero attached hydrogens (tertiary/aromatic N) is 1. The van der Waals surface area contributed by atoms with Gasteiger partial charge in [0.2, 0.25) is 11.8 Å². The lowest BCUT2D eigenvalue weighted by Gasteiger charge is -2.42. The van der Waals surface area contributed by atoms with E-state index in [4.69, 9.17) is 17.3 Å². The molecular formula is C16H19ClN2O2. The molecule has 112 valence electrons. The number of hydrogen-bond donors (Lipinski definition) is 1. The van der Waals surface area contributed by atoms with E-state index < -0.39 is 0 Å². The van der Waals surface area contributed by atoms with Crippen LogP contribution in [0.3, 0.4) is 0 Å². The Morgan fingerprint density at radius 2 is 1.67 bits per heavy atom. The standard InChI is InChI=1S/C16H19ClN2O2/c17-12-5-4-11(8-13(12)18)19-14(20)9-16(10-15(19)21)6-2-1-3-7-16/h4-5,8H,1-3,6-7,9-10,18H2. The van der Waals surface area contributed by atoms with Crippen LogP contribution in [-0.2, 0) is 9.59 Å². The molecule has 0 bridgehead atoms. The van der Waals surface area contributed by atoms with Gasteiger partial charge in [0.25, 0.3) is 0 Å². The minimum Gasteiger partial charge on any atom is -0.397 e. The zero-order chi connectivity index (χ0) is 15.0. The summed E-state index contributed by atoms with van der Waals surface area (Å²) in [7, 11) is 0. The molecule has 2 N–H and O–H groups in total. The predicted molar refractivity (Wildman–Crippen MR) is 83.1 cm³/mol. The summed E-state index contributed by atoms with van der Waals surface area (Å²) in [6, 6.07) is 4.89. The van der Waals surface area contributed by atoms with Crippen molar-refractivity contribution in [2.24, 2.45) is 5.41 Å². The van der Waals surface area contributed by atoms with Gasteiger partial charge in [0.15, 0.2) is 0 Å². The van der Waals surface area contributed by atoms with Crippen LogP contribution in [-0.4, -0.2) is 11.8 Å². The van der Waals surface area contributed by atoms with Crippen molar-refractivity contribution in [2.75, 3.05) is 10.6 Å². The number of amides is 2. The molecule has 1 spiro atoms. The van der Waals surface area contributed by atoms with Gasteiger partial charge in [-0.1, -0.05) is 30.9 Å². The molecule has 2 fully saturated rings. The summed E-state index contributed by atoms with van der Waals surface area (Å²) in [5, 5.41) is 0.430. The number of rotatable bonds is 1. The highest BCUT2D eigenvalue weighted by atomic mass is 35.5. The number of hydrogen-bond acceptors (Lipinski definition) is 3. The summed E-state index contributed by atoms with van der Waals surface area (Å²) in [5.74, 6) is -0.232. The highest BCUT2D eigenvalue weighted by Crippen LogP contribution is 2.46. The molecule has 1 aliphatic heterocycles. The number of imide groups is 1. The van der Waals surface area contributed by atoms with Gasteiger partial charge in [-0.3, -0.25) is 14.5 Å². The highest BCUT2D eigenvalue weighted by Gasteiger charge is 2.44. The number of halogens is 1. The SMILES string of the molecule is Nc1cc(N2C(=O)CC3(CCCCC3)CC2=O)ccc1Cl. The van der Waals surface area contributed by atoms with Gasteiger partial charge in [-0.2, -0.15) is 0 Å². The molecule has 0 atom stereocenters. The van der Waals surface area contributed by atoms with E-state index in [1.165, 1.54) is 11.3 Å². The number of nitrogens with two attached hydrogens (primary N) is 1. The number of carbonyl (C=O) groups is 2. The smallest absolute Gasteiger partial charge is 0.234 e. The molecule has 3 rings (SSSR count). The van der Waals surface area contributed by atoms with E-state index in [-0.39, 0.29) is 17.2 Å². The molecule has 1 aromatic rings. The Labute approximate surface area is 129 Å². The zero-order valence-electron chi connectivity index (χ0n) is 11.9. The summed E-state index contributed by atoms with van der Waals surface area (Å²) >= 11 is 5.90. The summed E-state index contributed by atoms with van der Waals surface area (Å²) in [6.07, 6.45) is 6.34. The number of benzene rings is 1. The maximum atomic E-state index is 12.5.